The molecule has 45 heavy (non-hydrogen) atoms. The smallest absolute Gasteiger partial charge is 0.259 e. The number of amides is 3. The van der Waals surface area contributed by atoms with Crippen LogP contribution in [0.4, 0.5) is 0 Å². The van der Waals surface area contributed by atoms with Crippen molar-refractivity contribution in [3.05, 3.63) is 29.3 Å². The zero-order valence-corrected chi connectivity index (χ0v) is 27.3. The standard InChI is InChI=1S/C32H41ClN4O7S/c1-3-43-27-17-26(22-10-8-11-25(33)28(22)34-27)44-20-15-23-24(16-20)30(39)37(2)14-7-5-4-6-9-19-18-32(19,35-29(23)38)31(40)36-45(41,42)21-12-13-21/h8,10-11,17,19-21,23-24H,3-7,9,12-16,18H2,1-2H3,(H,35,38)(H,36,40)/t19-,20?,23-,24-,32-/m1/s1. The Hall–Kier alpha value is -3.12. The van der Waals surface area contributed by atoms with Crippen molar-refractivity contribution < 1.29 is 32.3 Å². The van der Waals surface area contributed by atoms with Crippen molar-refractivity contribution in [1.29, 1.82) is 0 Å². The lowest BCUT2D eigenvalue weighted by Crippen LogP contribution is -2.54. The number of hydrogen-bond acceptors (Lipinski definition) is 8. The molecule has 3 amide bonds. The summed E-state index contributed by atoms with van der Waals surface area (Å²) < 4.78 is 39.8. The van der Waals surface area contributed by atoms with E-state index in [1.54, 1.807) is 30.1 Å². The van der Waals surface area contributed by atoms with E-state index in [9.17, 15) is 22.8 Å². The number of para-hydroxylation sites is 1. The van der Waals surface area contributed by atoms with Crippen LogP contribution in [0.3, 0.4) is 0 Å². The van der Waals surface area contributed by atoms with Crippen LogP contribution in [0.25, 0.3) is 10.9 Å². The van der Waals surface area contributed by atoms with Gasteiger partial charge < -0.3 is 19.7 Å². The van der Waals surface area contributed by atoms with Crippen molar-refractivity contribution in [3.63, 3.8) is 0 Å². The molecule has 1 unspecified atom stereocenters. The Kier molecular flexibility index (Phi) is 8.91. The van der Waals surface area contributed by atoms with Crippen LogP contribution in [-0.2, 0) is 24.4 Å². The number of fused-ring (bicyclic) bond motifs is 3. The van der Waals surface area contributed by atoms with E-state index in [2.05, 4.69) is 15.0 Å². The molecule has 2 aromatic rings. The summed E-state index contributed by atoms with van der Waals surface area (Å²) in [5.74, 6) is -1.98. The maximum absolute atomic E-state index is 14.1. The minimum Gasteiger partial charge on any atom is -0.489 e. The molecule has 2 heterocycles. The number of nitrogens with zero attached hydrogens (tertiary/aromatic N) is 2. The van der Waals surface area contributed by atoms with Crippen molar-refractivity contribution in [2.45, 2.75) is 88.0 Å². The van der Waals surface area contributed by atoms with Crippen molar-refractivity contribution in [2.75, 3.05) is 20.2 Å². The number of pyridine rings is 1. The van der Waals surface area contributed by atoms with Gasteiger partial charge in [0.25, 0.3) is 5.91 Å². The third kappa shape index (κ3) is 6.58. The fraction of sp³-hybridized carbons (Fsp3) is 0.625. The van der Waals surface area contributed by atoms with Gasteiger partial charge in [-0.2, -0.15) is 0 Å². The number of benzene rings is 1. The molecule has 3 aliphatic carbocycles. The van der Waals surface area contributed by atoms with Gasteiger partial charge in [0.2, 0.25) is 27.7 Å². The fourth-order valence-electron chi connectivity index (χ4n) is 6.96. The number of halogens is 1. The molecule has 0 bridgehead atoms. The monoisotopic (exact) mass is 660 g/mol. The zero-order valence-electron chi connectivity index (χ0n) is 25.7. The van der Waals surface area contributed by atoms with Crippen molar-refractivity contribution in [1.82, 2.24) is 19.9 Å². The van der Waals surface area contributed by atoms with Crippen molar-refractivity contribution in [3.8, 4) is 11.6 Å². The molecule has 6 rings (SSSR count). The van der Waals surface area contributed by atoms with Gasteiger partial charge in [-0.25, -0.2) is 13.4 Å². The van der Waals surface area contributed by atoms with Crippen LogP contribution in [0.1, 0.15) is 71.1 Å². The van der Waals surface area contributed by atoms with Gasteiger partial charge in [-0.15, -0.1) is 0 Å². The summed E-state index contributed by atoms with van der Waals surface area (Å²) in [5.41, 5.74) is -0.773. The van der Waals surface area contributed by atoms with E-state index in [4.69, 9.17) is 21.1 Å². The van der Waals surface area contributed by atoms with Crippen LogP contribution >= 0.6 is 11.6 Å². The molecule has 0 radical (unpaired) electrons. The summed E-state index contributed by atoms with van der Waals surface area (Å²) >= 11 is 6.46. The average Bonchev–Trinajstić information content (AvgIpc) is 3.92. The quantitative estimate of drug-likeness (QED) is 0.454. The van der Waals surface area contributed by atoms with E-state index >= 15 is 0 Å². The maximum Gasteiger partial charge on any atom is 0.259 e. The van der Waals surface area contributed by atoms with Crippen LogP contribution in [0.15, 0.2) is 24.3 Å². The Balaban J connectivity index is 1.28. The number of hydrogen-bond donors (Lipinski definition) is 2. The third-order valence-electron chi connectivity index (χ3n) is 9.72. The van der Waals surface area contributed by atoms with Crippen LogP contribution in [0.5, 0.6) is 11.6 Å². The third-order valence-corrected chi connectivity index (χ3v) is 11.8. The summed E-state index contributed by atoms with van der Waals surface area (Å²) in [6.45, 7) is 2.84. The number of sulfonamides is 1. The number of carbonyl (C=O) groups is 3. The van der Waals surface area contributed by atoms with E-state index in [0.717, 1.165) is 25.7 Å². The minimum atomic E-state index is -3.79. The molecule has 1 aliphatic heterocycles. The average molecular weight is 661 g/mol. The highest BCUT2D eigenvalue weighted by molar-refractivity contribution is 7.91. The van der Waals surface area contributed by atoms with E-state index in [0.29, 0.717) is 72.8 Å². The summed E-state index contributed by atoms with van der Waals surface area (Å²) in [4.78, 5) is 47.6. The summed E-state index contributed by atoms with van der Waals surface area (Å²) in [6, 6.07) is 7.09. The van der Waals surface area contributed by atoms with Crippen molar-refractivity contribution >= 4 is 50.2 Å². The molecule has 4 aliphatic rings. The van der Waals surface area contributed by atoms with Gasteiger partial charge in [0, 0.05) is 25.0 Å². The van der Waals surface area contributed by atoms with E-state index in [-0.39, 0.29) is 18.2 Å². The molecule has 1 aromatic carbocycles. The first-order valence-corrected chi connectivity index (χ1v) is 18.0. The summed E-state index contributed by atoms with van der Waals surface area (Å²) in [5, 5.41) is 3.54. The molecule has 13 heteroatoms. The summed E-state index contributed by atoms with van der Waals surface area (Å²) in [7, 11) is -2.03. The predicted molar refractivity (Wildman–Crippen MR) is 168 cm³/mol. The molecular weight excluding hydrogens is 620 g/mol. The normalized spacial score (nSPS) is 29.3. The number of aromatic nitrogens is 1. The Bertz CT molecular complexity index is 1600. The van der Waals surface area contributed by atoms with Crippen LogP contribution in [-0.4, -0.2) is 73.1 Å². The second-order valence-electron chi connectivity index (χ2n) is 13.0. The first-order chi connectivity index (χ1) is 21.5. The van der Waals surface area contributed by atoms with Crippen LogP contribution < -0.4 is 19.5 Å². The van der Waals surface area contributed by atoms with Crippen LogP contribution in [0, 0.1) is 17.8 Å². The van der Waals surface area contributed by atoms with E-state index in [1.807, 2.05) is 13.0 Å². The van der Waals surface area contributed by atoms with Gasteiger partial charge in [0.05, 0.1) is 34.2 Å². The lowest BCUT2D eigenvalue weighted by atomic mass is 9.92. The van der Waals surface area contributed by atoms with Gasteiger partial charge in [0.1, 0.15) is 17.4 Å². The Morgan fingerprint density at radius 1 is 1.13 bits per heavy atom. The lowest BCUT2D eigenvalue weighted by molar-refractivity contribution is -0.140. The van der Waals surface area contributed by atoms with Gasteiger partial charge in [0.15, 0.2) is 0 Å². The minimum absolute atomic E-state index is 0.141. The molecule has 11 nitrogen and oxygen atoms in total. The van der Waals surface area contributed by atoms with E-state index < -0.39 is 50.6 Å². The van der Waals surface area contributed by atoms with Gasteiger partial charge >= 0.3 is 0 Å². The topological polar surface area (TPSA) is 144 Å². The number of nitrogens with one attached hydrogen (secondary N) is 2. The lowest BCUT2D eigenvalue weighted by Gasteiger charge is -2.27. The van der Waals surface area contributed by atoms with Gasteiger partial charge in [-0.3, -0.25) is 19.1 Å². The van der Waals surface area contributed by atoms with Gasteiger partial charge in [-0.1, -0.05) is 36.9 Å². The van der Waals surface area contributed by atoms with Crippen LogP contribution in [0.2, 0.25) is 5.02 Å². The molecule has 1 aromatic heterocycles. The largest absolute Gasteiger partial charge is 0.489 e. The number of ether oxygens (including phenoxy) is 2. The number of rotatable bonds is 7. The molecule has 2 N–H and O–H groups in total. The van der Waals surface area contributed by atoms with Crippen molar-refractivity contribution in [2.24, 2.45) is 17.8 Å². The zero-order chi connectivity index (χ0) is 31.9. The molecule has 244 valence electrons. The second-order valence-corrected chi connectivity index (χ2v) is 15.3. The first kappa shape index (κ1) is 31.8. The highest BCUT2D eigenvalue weighted by Gasteiger charge is 2.62. The Labute approximate surface area is 268 Å². The molecular formula is C32H41ClN4O7S. The number of carbonyl (C=O) groups excluding carboxylic acids is 3. The molecule has 4 fully saturated rings. The molecule has 5 atom stereocenters. The second kappa shape index (κ2) is 12.6. The molecule has 3 saturated carbocycles. The highest BCUT2D eigenvalue weighted by Crippen LogP contribution is 2.49. The first-order valence-electron chi connectivity index (χ1n) is 16.0. The fourth-order valence-corrected chi connectivity index (χ4v) is 8.54. The van der Waals surface area contributed by atoms with Gasteiger partial charge in [-0.05, 0) is 69.9 Å². The highest BCUT2D eigenvalue weighted by atomic mass is 35.5. The molecule has 0 spiro atoms. The Morgan fingerprint density at radius 2 is 1.89 bits per heavy atom. The van der Waals surface area contributed by atoms with E-state index in [1.165, 1.54) is 0 Å². The predicted octanol–water partition coefficient (Wildman–Crippen LogP) is 3.97. The SMILES string of the molecule is CCOc1cc(OC2C[C@H]3C(=O)N[C@]4(C(=O)NS(=O)(=O)C5CC5)C[C@H]4CCCCCCN(C)C(=O)[C@@H]3C2)c2cccc(Cl)c2n1. The Morgan fingerprint density at radius 3 is 2.64 bits per heavy atom. The summed E-state index contributed by atoms with van der Waals surface area (Å²) in [6.07, 6.45) is 5.75. The molecule has 1 saturated heterocycles. The maximum atomic E-state index is 14.1.